The van der Waals surface area contributed by atoms with Gasteiger partial charge in [-0.15, -0.1) is 0 Å². The summed E-state index contributed by atoms with van der Waals surface area (Å²) in [6.07, 6.45) is 0. The number of carbonyl (C=O) groups is 2. The van der Waals surface area contributed by atoms with Crippen LogP contribution >= 0.6 is 0 Å². The van der Waals surface area contributed by atoms with Crippen LogP contribution in [-0.2, 0) is 16.1 Å². The van der Waals surface area contributed by atoms with Gasteiger partial charge >= 0.3 is 11.8 Å². The van der Waals surface area contributed by atoms with Crippen molar-refractivity contribution in [2.45, 2.75) is 27.3 Å². The van der Waals surface area contributed by atoms with E-state index in [1.165, 1.54) is 0 Å². The highest BCUT2D eigenvalue weighted by atomic mass is 16.2. The van der Waals surface area contributed by atoms with E-state index in [-0.39, 0.29) is 0 Å². The molecule has 1 rings (SSSR count). The van der Waals surface area contributed by atoms with Crippen molar-refractivity contribution < 1.29 is 9.59 Å². The van der Waals surface area contributed by atoms with E-state index in [0.29, 0.717) is 19.0 Å². The zero-order chi connectivity index (χ0) is 13.5. The van der Waals surface area contributed by atoms with Crippen molar-refractivity contribution in [3.63, 3.8) is 0 Å². The van der Waals surface area contributed by atoms with E-state index >= 15 is 0 Å². The van der Waals surface area contributed by atoms with Crippen LogP contribution < -0.4 is 10.6 Å². The van der Waals surface area contributed by atoms with E-state index in [9.17, 15) is 9.59 Å². The Morgan fingerprint density at radius 3 is 2.44 bits per heavy atom. The number of hydrogen-bond donors (Lipinski definition) is 2. The Morgan fingerprint density at radius 1 is 1.17 bits per heavy atom. The molecule has 18 heavy (non-hydrogen) atoms. The van der Waals surface area contributed by atoms with Crippen molar-refractivity contribution in [1.82, 2.24) is 10.6 Å². The summed E-state index contributed by atoms with van der Waals surface area (Å²) in [5.41, 5.74) is 2.12. The lowest BCUT2D eigenvalue weighted by Crippen LogP contribution is -2.40. The van der Waals surface area contributed by atoms with Crippen LogP contribution in [0.3, 0.4) is 0 Å². The summed E-state index contributed by atoms with van der Waals surface area (Å²) in [5.74, 6) is -0.827. The molecule has 0 aliphatic rings. The first-order valence-electron chi connectivity index (χ1n) is 6.10. The molecule has 0 saturated heterocycles. The number of benzene rings is 1. The summed E-state index contributed by atoms with van der Waals surface area (Å²) < 4.78 is 0. The molecule has 0 heterocycles. The molecule has 0 radical (unpaired) electrons. The molecule has 4 heteroatoms. The fourth-order valence-corrected chi connectivity index (χ4v) is 1.46. The van der Waals surface area contributed by atoms with E-state index in [4.69, 9.17) is 0 Å². The number of hydrogen-bond acceptors (Lipinski definition) is 2. The summed E-state index contributed by atoms with van der Waals surface area (Å²) in [6, 6.07) is 7.81. The third-order valence-corrected chi connectivity index (χ3v) is 2.41. The maximum absolute atomic E-state index is 11.5. The molecule has 0 aromatic heterocycles. The fourth-order valence-electron chi connectivity index (χ4n) is 1.46. The summed E-state index contributed by atoms with van der Waals surface area (Å²) in [4.78, 5) is 22.9. The molecule has 1 aromatic rings. The Kier molecular flexibility index (Phi) is 5.36. The van der Waals surface area contributed by atoms with Crippen molar-refractivity contribution in [1.29, 1.82) is 0 Å². The Hall–Kier alpha value is -1.84. The third-order valence-electron chi connectivity index (χ3n) is 2.41. The van der Waals surface area contributed by atoms with Crippen molar-refractivity contribution in [2.24, 2.45) is 5.92 Å². The van der Waals surface area contributed by atoms with Gasteiger partial charge in [0.25, 0.3) is 0 Å². The van der Waals surface area contributed by atoms with Gasteiger partial charge in [-0.25, -0.2) is 0 Å². The van der Waals surface area contributed by atoms with Crippen LogP contribution in [0.15, 0.2) is 24.3 Å². The van der Waals surface area contributed by atoms with Crippen molar-refractivity contribution in [3.8, 4) is 0 Å². The van der Waals surface area contributed by atoms with Crippen LogP contribution in [-0.4, -0.2) is 18.4 Å². The molecule has 98 valence electrons. The quantitative estimate of drug-likeness (QED) is 0.791. The van der Waals surface area contributed by atoms with Crippen LogP contribution in [0.1, 0.15) is 25.0 Å². The average molecular weight is 248 g/mol. The molecular formula is C14H20N2O2. The summed E-state index contributed by atoms with van der Waals surface area (Å²) in [5, 5.41) is 5.18. The van der Waals surface area contributed by atoms with E-state index in [0.717, 1.165) is 11.1 Å². The zero-order valence-corrected chi connectivity index (χ0v) is 11.1. The van der Waals surface area contributed by atoms with E-state index < -0.39 is 11.8 Å². The van der Waals surface area contributed by atoms with Crippen LogP contribution in [0.25, 0.3) is 0 Å². The predicted octanol–water partition coefficient (Wildman–Crippen LogP) is 1.38. The second-order valence-corrected chi connectivity index (χ2v) is 4.78. The lowest BCUT2D eigenvalue weighted by atomic mass is 10.1. The van der Waals surface area contributed by atoms with Gasteiger partial charge in [-0.1, -0.05) is 43.7 Å². The van der Waals surface area contributed by atoms with Crippen molar-refractivity contribution in [3.05, 3.63) is 35.4 Å². The van der Waals surface area contributed by atoms with Gasteiger partial charge in [-0.2, -0.15) is 0 Å². The van der Waals surface area contributed by atoms with Gasteiger partial charge in [0.15, 0.2) is 0 Å². The van der Waals surface area contributed by atoms with Gasteiger partial charge in [-0.3, -0.25) is 9.59 Å². The minimum Gasteiger partial charge on any atom is -0.348 e. The molecule has 0 unspecified atom stereocenters. The molecule has 0 aliphatic heterocycles. The van der Waals surface area contributed by atoms with Crippen molar-refractivity contribution >= 4 is 11.8 Å². The molecule has 0 atom stereocenters. The highest BCUT2D eigenvalue weighted by Gasteiger charge is 2.12. The summed E-state index contributed by atoms with van der Waals surface area (Å²) in [7, 11) is 0. The molecule has 0 aliphatic carbocycles. The Morgan fingerprint density at radius 2 is 1.83 bits per heavy atom. The predicted molar refractivity (Wildman–Crippen MR) is 70.9 cm³/mol. The monoisotopic (exact) mass is 248 g/mol. The van der Waals surface area contributed by atoms with E-state index in [2.05, 4.69) is 10.6 Å². The lowest BCUT2D eigenvalue weighted by molar-refractivity contribution is -0.139. The van der Waals surface area contributed by atoms with Gasteiger partial charge in [0.2, 0.25) is 0 Å². The second kappa shape index (κ2) is 6.79. The van der Waals surface area contributed by atoms with E-state index in [1.807, 2.05) is 45.0 Å². The number of amides is 2. The van der Waals surface area contributed by atoms with Gasteiger partial charge in [0.1, 0.15) is 0 Å². The van der Waals surface area contributed by atoms with Gasteiger partial charge in [-0.05, 0) is 18.4 Å². The van der Waals surface area contributed by atoms with Gasteiger partial charge in [0.05, 0.1) is 0 Å². The number of aryl methyl sites for hydroxylation is 1. The first-order chi connectivity index (χ1) is 8.49. The highest BCUT2D eigenvalue weighted by molar-refractivity contribution is 6.35. The molecule has 0 saturated carbocycles. The summed E-state index contributed by atoms with van der Waals surface area (Å²) in [6.45, 7) is 6.82. The van der Waals surface area contributed by atoms with Crippen LogP contribution in [0.2, 0.25) is 0 Å². The zero-order valence-electron chi connectivity index (χ0n) is 11.1. The van der Waals surface area contributed by atoms with Crippen molar-refractivity contribution in [2.75, 3.05) is 6.54 Å². The minimum atomic E-state index is -0.586. The normalized spacial score (nSPS) is 10.2. The standard InChI is InChI=1S/C14H20N2O2/c1-10(2)8-15-13(17)14(18)16-9-12-6-4-5-11(3)7-12/h4-7,10H,8-9H2,1-3H3,(H,15,17)(H,16,18). The lowest BCUT2D eigenvalue weighted by Gasteiger charge is -2.08. The molecule has 2 N–H and O–H groups in total. The maximum Gasteiger partial charge on any atom is 0.309 e. The van der Waals surface area contributed by atoms with Crippen LogP contribution in [0.5, 0.6) is 0 Å². The third kappa shape index (κ3) is 4.99. The number of carbonyl (C=O) groups excluding carboxylic acids is 2. The Labute approximate surface area is 108 Å². The fraction of sp³-hybridized carbons (Fsp3) is 0.429. The molecule has 1 aromatic carbocycles. The van der Waals surface area contributed by atoms with E-state index in [1.54, 1.807) is 0 Å². The number of nitrogens with one attached hydrogen (secondary N) is 2. The molecular weight excluding hydrogens is 228 g/mol. The molecule has 0 spiro atoms. The second-order valence-electron chi connectivity index (χ2n) is 4.78. The maximum atomic E-state index is 11.5. The molecule has 0 bridgehead atoms. The largest absolute Gasteiger partial charge is 0.348 e. The SMILES string of the molecule is Cc1cccc(CNC(=O)C(=O)NCC(C)C)c1. The van der Waals surface area contributed by atoms with Crippen LogP contribution in [0, 0.1) is 12.8 Å². The summed E-state index contributed by atoms with van der Waals surface area (Å²) >= 11 is 0. The average Bonchev–Trinajstić information content (AvgIpc) is 2.33. The Balaban J connectivity index is 2.39. The van der Waals surface area contributed by atoms with Gasteiger partial charge in [0, 0.05) is 13.1 Å². The molecule has 0 fully saturated rings. The Bertz CT molecular complexity index is 428. The molecule has 2 amide bonds. The minimum absolute atomic E-state index is 0.332. The topological polar surface area (TPSA) is 58.2 Å². The van der Waals surface area contributed by atoms with Crippen LogP contribution in [0.4, 0.5) is 0 Å². The van der Waals surface area contributed by atoms with Gasteiger partial charge < -0.3 is 10.6 Å². The first kappa shape index (κ1) is 14.2. The number of rotatable bonds is 4. The smallest absolute Gasteiger partial charge is 0.309 e. The molecule has 4 nitrogen and oxygen atoms in total. The highest BCUT2D eigenvalue weighted by Crippen LogP contribution is 2.02. The first-order valence-corrected chi connectivity index (χ1v) is 6.10.